The van der Waals surface area contributed by atoms with Crippen LogP contribution >= 0.6 is 0 Å². The molecule has 1 N–H and O–H groups in total. The van der Waals surface area contributed by atoms with Gasteiger partial charge in [-0.25, -0.2) is 4.39 Å². The molecule has 0 bridgehead atoms. The first kappa shape index (κ1) is 25.1. The Kier molecular flexibility index (Phi) is 8.95. The summed E-state index contributed by atoms with van der Waals surface area (Å²) in [5.41, 5.74) is 0.390. The largest absolute Gasteiger partial charge is 0.355 e. The fraction of sp³-hybridized carbons (Fsp3) is 0.704. The minimum absolute atomic E-state index is 0.108. The number of carbonyl (C=O) groups excluding carboxylic acids is 2. The number of nitrogens with zero attached hydrogens (tertiary/aromatic N) is 3. The summed E-state index contributed by atoms with van der Waals surface area (Å²) >= 11 is 0. The lowest BCUT2D eigenvalue weighted by Gasteiger charge is -2.41. The van der Waals surface area contributed by atoms with Crippen LogP contribution in [-0.4, -0.2) is 84.4 Å². The highest BCUT2D eigenvalue weighted by molar-refractivity contribution is 5.94. The summed E-state index contributed by atoms with van der Waals surface area (Å²) in [6, 6.07) is 6.44. The van der Waals surface area contributed by atoms with Gasteiger partial charge in [0.2, 0.25) is 5.91 Å². The zero-order valence-corrected chi connectivity index (χ0v) is 20.7. The van der Waals surface area contributed by atoms with Gasteiger partial charge in [-0.1, -0.05) is 25.3 Å². The maximum atomic E-state index is 13.6. The van der Waals surface area contributed by atoms with E-state index in [1.54, 1.807) is 17.0 Å². The molecule has 2 amide bonds. The molecule has 2 atom stereocenters. The molecule has 2 unspecified atom stereocenters. The Morgan fingerprint density at radius 3 is 2.47 bits per heavy atom. The molecule has 0 radical (unpaired) electrons. The molecule has 1 aliphatic carbocycles. The molecule has 2 saturated heterocycles. The molecule has 0 aromatic heterocycles. The van der Waals surface area contributed by atoms with Crippen molar-refractivity contribution in [3.05, 3.63) is 35.6 Å². The first-order valence-corrected chi connectivity index (χ1v) is 13.3. The highest BCUT2D eigenvalue weighted by atomic mass is 19.1. The summed E-state index contributed by atoms with van der Waals surface area (Å²) in [7, 11) is 0. The van der Waals surface area contributed by atoms with E-state index >= 15 is 0 Å². The zero-order valence-electron chi connectivity index (χ0n) is 20.7. The van der Waals surface area contributed by atoms with Crippen molar-refractivity contribution in [1.29, 1.82) is 0 Å². The van der Waals surface area contributed by atoms with Crippen LogP contribution in [0.3, 0.4) is 0 Å². The second kappa shape index (κ2) is 12.1. The lowest BCUT2D eigenvalue weighted by molar-refractivity contribution is -0.129. The fourth-order valence-electron chi connectivity index (χ4n) is 6.05. The minimum atomic E-state index is -0.391. The summed E-state index contributed by atoms with van der Waals surface area (Å²) in [5, 5.41) is 3.25. The number of hydrogen-bond acceptors (Lipinski definition) is 4. The number of halogens is 1. The number of piperidine rings is 1. The molecule has 188 valence electrons. The summed E-state index contributed by atoms with van der Waals surface area (Å²) in [4.78, 5) is 32.8. The van der Waals surface area contributed by atoms with E-state index in [-0.39, 0.29) is 17.9 Å². The number of amides is 2. The Labute approximate surface area is 203 Å². The second-order valence-corrected chi connectivity index (χ2v) is 10.4. The fourth-order valence-corrected chi connectivity index (χ4v) is 6.05. The van der Waals surface area contributed by atoms with E-state index in [2.05, 4.69) is 22.0 Å². The van der Waals surface area contributed by atoms with Crippen LogP contribution in [0.2, 0.25) is 0 Å². The highest BCUT2D eigenvalue weighted by Crippen LogP contribution is 2.31. The number of hydrogen-bond donors (Lipinski definition) is 1. The van der Waals surface area contributed by atoms with Crippen molar-refractivity contribution in [3.63, 3.8) is 0 Å². The van der Waals surface area contributed by atoms with E-state index in [9.17, 15) is 14.0 Å². The number of likely N-dealkylation sites (tertiary alicyclic amines) is 1. The summed E-state index contributed by atoms with van der Waals surface area (Å²) in [5.74, 6) is 0.0289. The van der Waals surface area contributed by atoms with E-state index in [0.717, 1.165) is 32.4 Å². The second-order valence-electron chi connectivity index (χ2n) is 10.4. The molecule has 1 aromatic carbocycles. The molecule has 1 saturated carbocycles. The van der Waals surface area contributed by atoms with Gasteiger partial charge in [0.25, 0.3) is 5.91 Å². The smallest absolute Gasteiger partial charge is 0.254 e. The molecule has 1 aromatic rings. The van der Waals surface area contributed by atoms with Gasteiger partial charge in [-0.05, 0) is 69.7 Å². The minimum Gasteiger partial charge on any atom is -0.355 e. The van der Waals surface area contributed by atoms with Gasteiger partial charge in [-0.3, -0.25) is 14.5 Å². The molecule has 2 aliphatic heterocycles. The molecule has 7 heteroatoms. The third-order valence-corrected chi connectivity index (χ3v) is 8.04. The van der Waals surface area contributed by atoms with Gasteiger partial charge in [-0.15, -0.1) is 0 Å². The molecule has 34 heavy (non-hydrogen) atoms. The van der Waals surface area contributed by atoms with Crippen molar-refractivity contribution in [1.82, 2.24) is 20.0 Å². The van der Waals surface area contributed by atoms with Crippen LogP contribution in [0.4, 0.5) is 4.39 Å². The van der Waals surface area contributed by atoms with Crippen molar-refractivity contribution < 1.29 is 14.0 Å². The molecule has 6 nitrogen and oxygen atoms in total. The maximum absolute atomic E-state index is 13.6. The normalized spacial score (nSPS) is 23.7. The van der Waals surface area contributed by atoms with Gasteiger partial charge in [0.1, 0.15) is 5.82 Å². The maximum Gasteiger partial charge on any atom is 0.254 e. The monoisotopic (exact) mass is 472 g/mol. The van der Waals surface area contributed by atoms with Crippen molar-refractivity contribution in [3.8, 4) is 0 Å². The van der Waals surface area contributed by atoms with Crippen molar-refractivity contribution in [2.75, 3.05) is 45.8 Å². The predicted molar refractivity (Wildman–Crippen MR) is 132 cm³/mol. The summed E-state index contributed by atoms with van der Waals surface area (Å²) < 4.78 is 13.6. The lowest BCUT2D eigenvalue weighted by atomic mass is 9.95. The molecule has 3 aliphatic rings. The molecular formula is C27H41FN4O2. The topological polar surface area (TPSA) is 55.9 Å². The number of carbonyl (C=O) groups is 2. The number of rotatable bonds is 8. The van der Waals surface area contributed by atoms with Crippen LogP contribution in [-0.2, 0) is 4.79 Å². The van der Waals surface area contributed by atoms with Crippen LogP contribution in [0, 0.1) is 11.7 Å². The Hall–Kier alpha value is -1.99. The van der Waals surface area contributed by atoms with Gasteiger partial charge in [0.05, 0.1) is 6.04 Å². The standard InChI is InChI=1S/C27H41FN4O2/c1-21-8-4-5-14-30(21)15-7-13-29-26(33)25(22-9-2-3-10-22)31-16-18-32(19-17-31)27(34)23-11-6-12-24(28)20-23/h6,11-12,20-22,25H,2-5,7-10,13-19H2,1H3,(H,29,33). The van der Waals surface area contributed by atoms with Gasteiger partial charge < -0.3 is 15.1 Å². The Morgan fingerprint density at radius 1 is 1.03 bits per heavy atom. The van der Waals surface area contributed by atoms with Gasteiger partial charge >= 0.3 is 0 Å². The van der Waals surface area contributed by atoms with Crippen LogP contribution in [0.5, 0.6) is 0 Å². The first-order valence-electron chi connectivity index (χ1n) is 13.3. The molecular weight excluding hydrogens is 431 g/mol. The number of benzene rings is 1. The quantitative estimate of drug-likeness (QED) is 0.588. The van der Waals surface area contributed by atoms with Crippen molar-refractivity contribution >= 4 is 11.8 Å². The van der Waals surface area contributed by atoms with Gasteiger partial charge in [0.15, 0.2) is 0 Å². The highest BCUT2D eigenvalue weighted by Gasteiger charge is 2.37. The molecule has 4 rings (SSSR count). The van der Waals surface area contributed by atoms with E-state index in [1.807, 2.05) is 0 Å². The zero-order chi connectivity index (χ0) is 23.9. The summed E-state index contributed by atoms with van der Waals surface area (Å²) in [6.45, 7) is 7.77. The van der Waals surface area contributed by atoms with E-state index in [0.29, 0.717) is 43.7 Å². The van der Waals surface area contributed by atoms with E-state index in [1.165, 1.54) is 50.8 Å². The average molecular weight is 473 g/mol. The van der Waals surface area contributed by atoms with Crippen LogP contribution in [0.25, 0.3) is 0 Å². The van der Waals surface area contributed by atoms with Gasteiger partial charge in [-0.2, -0.15) is 0 Å². The van der Waals surface area contributed by atoms with Crippen LogP contribution in [0.15, 0.2) is 24.3 Å². The Morgan fingerprint density at radius 2 is 1.76 bits per heavy atom. The first-order chi connectivity index (χ1) is 16.5. The van der Waals surface area contributed by atoms with E-state index in [4.69, 9.17) is 0 Å². The Balaban J connectivity index is 1.29. The Bertz CT molecular complexity index is 821. The van der Waals surface area contributed by atoms with E-state index < -0.39 is 5.82 Å². The third-order valence-electron chi connectivity index (χ3n) is 8.04. The molecule has 0 spiro atoms. The number of piperazine rings is 1. The molecule has 3 fully saturated rings. The molecule has 2 heterocycles. The van der Waals surface area contributed by atoms with Crippen LogP contribution < -0.4 is 5.32 Å². The van der Waals surface area contributed by atoms with Crippen LogP contribution in [0.1, 0.15) is 68.6 Å². The number of nitrogens with one attached hydrogen (secondary N) is 1. The third kappa shape index (κ3) is 6.36. The SMILES string of the molecule is CC1CCCCN1CCCNC(=O)C(C1CCCC1)N1CCN(C(=O)c2cccc(F)c2)CC1. The lowest BCUT2D eigenvalue weighted by Crippen LogP contribution is -2.58. The predicted octanol–water partition coefficient (Wildman–Crippen LogP) is 3.52. The van der Waals surface area contributed by atoms with Gasteiger partial charge in [0, 0.05) is 50.9 Å². The van der Waals surface area contributed by atoms with Crippen molar-refractivity contribution in [2.45, 2.75) is 70.4 Å². The van der Waals surface area contributed by atoms with Crippen molar-refractivity contribution in [2.24, 2.45) is 5.92 Å². The summed E-state index contributed by atoms with van der Waals surface area (Å²) in [6.07, 6.45) is 9.48. The average Bonchev–Trinajstić information content (AvgIpc) is 3.37.